The highest BCUT2D eigenvalue weighted by Crippen LogP contribution is 2.26. The van der Waals surface area contributed by atoms with Crippen LogP contribution in [0.3, 0.4) is 0 Å². The zero-order valence-electron chi connectivity index (χ0n) is 10.6. The number of hydrogen-bond donors (Lipinski definition) is 2. The second-order valence-corrected chi connectivity index (χ2v) is 8.26. The van der Waals surface area contributed by atoms with Crippen LogP contribution in [0.25, 0.3) is 0 Å². The van der Waals surface area contributed by atoms with Crippen molar-refractivity contribution in [1.82, 2.24) is 4.72 Å². The van der Waals surface area contributed by atoms with Crippen LogP contribution in [0.2, 0.25) is 4.34 Å². The molecule has 1 heterocycles. The number of rotatable bonds is 6. The number of sulfonamides is 1. The minimum atomic E-state index is -3.59. The molecule has 18 heavy (non-hydrogen) atoms. The molecule has 0 saturated heterocycles. The molecule has 0 saturated carbocycles. The van der Waals surface area contributed by atoms with Crippen LogP contribution in [0.1, 0.15) is 27.2 Å². The van der Waals surface area contributed by atoms with Crippen molar-refractivity contribution in [3.63, 3.8) is 0 Å². The standard InChI is InChI=1S/C11H18ClNO3S2/c1-4-8(2)11(3,14)7-13-18(15,16)10-6-5-9(12)17-10/h5-6,8,13-14H,4,7H2,1-3H3. The van der Waals surface area contributed by atoms with Gasteiger partial charge in [0.05, 0.1) is 9.94 Å². The molecule has 7 heteroatoms. The predicted molar refractivity (Wildman–Crippen MR) is 74.6 cm³/mol. The largest absolute Gasteiger partial charge is 0.389 e. The summed E-state index contributed by atoms with van der Waals surface area (Å²) in [6, 6.07) is 2.99. The van der Waals surface area contributed by atoms with Crippen LogP contribution >= 0.6 is 22.9 Å². The van der Waals surface area contributed by atoms with Crippen LogP contribution in [0, 0.1) is 5.92 Å². The predicted octanol–water partition coefficient (Wildman–Crippen LogP) is 2.48. The Labute approximate surface area is 117 Å². The summed E-state index contributed by atoms with van der Waals surface area (Å²) in [5.74, 6) is 0.00660. The van der Waals surface area contributed by atoms with Crippen molar-refractivity contribution in [1.29, 1.82) is 0 Å². The molecule has 2 unspecified atom stereocenters. The van der Waals surface area contributed by atoms with Crippen LogP contribution in [-0.4, -0.2) is 25.7 Å². The second kappa shape index (κ2) is 5.88. The maximum absolute atomic E-state index is 11.9. The Kier molecular flexibility index (Phi) is 5.20. The highest BCUT2D eigenvalue weighted by molar-refractivity contribution is 7.91. The van der Waals surface area contributed by atoms with Gasteiger partial charge in [0.15, 0.2) is 0 Å². The van der Waals surface area contributed by atoms with Crippen LogP contribution in [0.5, 0.6) is 0 Å². The van der Waals surface area contributed by atoms with Gasteiger partial charge in [-0.25, -0.2) is 13.1 Å². The van der Waals surface area contributed by atoms with E-state index in [2.05, 4.69) is 4.72 Å². The van der Waals surface area contributed by atoms with Crippen LogP contribution < -0.4 is 4.72 Å². The third-order valence-corrected chi connectivity index (χ3v) is 6.23. The average molecular weight is 312 g/mol. The first-order valence-electron chi connectivity index (χ1n) is 5.66. The Balaban J connectivity index is 2.74. The lowest BCUT2D eigenvalue weighted by atomic mass is 9.89. The molecule has 0 aliphatic heterocycles. The van der Waals surface area contributed by atoms with E-state index in [0.717, 1.165) is 17.8 Å². The van der Waals surface area contributed by atoms with Gasteiger partial charge in [-0.2, -0.15) is 0 Å². The fourth-order valence-electron chi connectivity index (χ4n) is 1.37. The second-order valence-electron chi connectivity index (χ2n) is 4.55. The molecule has 1 aromatic heterocycles. The fraction of sp³-hybridized carbons (Fsp3) is 0.636. The maximum atomic E-state index is 11.9. The van der Waals surface area contributed by atoms with Crippen molar-refractivity contribution >= 4 is 33.0 Å². The van der Waals surface area contributed by atoms with Crippen molar-refractivity contribution in [3.05, 3.63) is 16.5 Å². The van der Waals surface area contributed by atoms with E-state index in [-0.39, 0.29) is 16.7 Å². The van der Waals surface area contributed by atoms with Gasteiger partial charge in [-0.1, -0.05) is 31.9 Å². The summed E-state index contributed by atoms with van der Waals surface area (Å²) in [6.07, 6.45) is 0.777. The molecule has 0 aromatic carbocycles. The van der Waals surface area contributed by atoms with Crippen molar-refractivity contribution in [2.75, 3.05) is 6.54 Å². The molecule has 1 aromatic rings. The van der Waals surface area contributed by atoms with Crippen LogP contribution in [0.15, 0.2) is 16.3 Å². The third-order valence-electron chi connectivity index (χ3n) is 3.11. The highest BCUT2D eigenvalue weighted by atomic mass is 35.5. The molecule has 1 rings (SSSR count). The zero-order chi connectivity index (χ0) is 14.0. The number of nitrogens with one attached hydrogen (secondary N) is 1. The first-order chi connectivity index (χ1) is 8.19. The molecule has 2 N–H and O–H groups in total. The molecule has 0 bridgehead atoms. The van der Waals surface area contributed by atoms with Crippen LogP contribution in [-0.2, 0) is 10.0 Å². The number of aliphatic hydroxyl groups is 1. The van der Waals surface area contributed by atoms with E-state index < -0.39 is 15.6 Å². The quantitative estimate of drug-likeness (QED) is 0.848. The monoisotopic (exact) mass is 311 g/mol. The molecule has 0 spiro atoms. The van der Waals surface area contributed by atoms with Gasteiger partial charge in [0.25, 0.3) is 0 Å². The Morgan fingerprint density at radius 1 is 1.56 bits per heavy atom. The topological polar surface area (TPSA) is 66.4 Å². The Morgan fingerprint density at radius 2 is 2.17 bits per heavy atom. The van der Waals surface area contributed by atoms with Crippen LogP contribution in [0.4, 0.5) is 0 Å². The molecule has 104 valence electrons. The summed E-state index contributed by atoms with van der Waals surface area (Å²) in [6.45, 7) is 5.45. The molecule has 0 fully saturated rings. The molecular weight excluding hydrogens is 294 g/mol. The third kappa shape index (κ3) is 3.93. The number of halogens is 1. The molecule has 4 nitrogen and oxygen atoms in total. The van der Waals surface area contributed by atoms with E-state index >= 15 is 0 Å². The van der Waals surface area contributed by atoms with E-state index in [0.29, 0.717) is 4.34 Å². The normalized spacial score (nSPS) is 17.4. The molecular formula is C11H18ClNO3S2. The number of hydrogen-bond acceptors (Lipinski definition) is 4. The van der Waals surface area contributed by atoms with Gasteiger partial charge in [-0.15, -0.1) is 11.3 Å². The highest BCUT2D eigenvalue weighted by Gasteiger charge is 2.29. The first kappa shape index (κ1) is 15.9. The van der Waals surface area contributed by atoms with Crippen molar-refractivity contribution in [3.8, 4) is 0 Å². The smallest absolute Gasteiger partial charge is 0.250 e. The van der Waals surface area contributed by atoms with Gasteiger partial charge in [0, 0.05) is 6.54 Å². The van der Waals surface area contributed by atoms with E-state index in [1.807, 2.05) is 13.8 Å². The van der Waals surface area contributed by atoms with E-state index in [4.69, 9.17) is 11.6 Å². The van der Waals surface area contributed by atoms with Gasteiger partial charge in [-0.3, -0.25) is 0 Å². The minimum absolute atomic E-state index is 0.00660. The van der Waals surface area contributed by atoms with Crippen molar-refractivity contribution in [2.45, 2.75) is 37.0 Å². The summed E-state index contributed by atoms with van der Waals surface area (Å²) in [7, 11) is -3.59. The zero-order valence-corrected chi connectivity index (χ0v) is 13.0. The lowest BCUT2D eigenvalue weighted by Gasteiger charge is -2.29. The van der Waals surface area contributed by atoms with Gasteiger partial charge < -0.3 is 5.11 Å². The Morgan fingerprint density at radius 3 is 2.61 bits per heavy atom. The molecule has 0 aliphatic carbocycles. The van der Waals surface area contributed by atoms with Gasteiger partial charge >= 0.3 is 0 Å². The van der Waals surface area contributed by atoms with Gasteiger partial charge in [0.1, 0.15) is 4.21 Å². The molecule has 0 amide bonds. The Bertz CT molecular complexity index is 496. The summed E-state index contributed by atoms with van der Waals surface area (Å²) in [4.78, 5) is 0. The van der Waals surface area contributed by atoms with E-state index in [9.17, 15) is 13.5 Å². The lowest BCUT2D eigenvalue weighted by Crippen LogP contribution is -2.44. The lowest BCUT2D eigenvalue weighted by molar-refractivity contribution is 0.0102. The molecule has 0 radical (unpaired) electrons. The summed E-state index contributed by atoms with van der Waals surface area (Å²) in [5.41, 5.74) is -1.07. The fourth-order valence-corrected chi connectivity index (χ4v) is 4.04. The van der Waals surface area contributed by atoms with Gasteiger partial charge in [-0.05, 0) is 25.0 Å². The van der Waals surface area contributed by atoms with Gasteiger partial charge in [0.2, 0.25) is 10.0 Å². The van der Waals surface area contributed by atoms with Crippen molar-refractivity contribution in [2.24, 2.45) is 5.92 Å². The molecule has 0 aliphatic rings. The molecule has 2 atom stereocenters. The van der Waals surface area contributed by atoms with E-state index in [1.165, 1.54) is 12.1 Å². The van der Waals surface area contributed by atoms with E-state index in [1.54, 1.807) is 6.92 Å². The maximum Gasteiger partial charge on any atom is 0.250 e. The summed E-state index contributed by atoms with van der Waals surface area (Å²) >= 11 is 6.70. The minimum Gasteiger partial charge on any atom is -0.389 e. The average Bonchev–Trinajstić information content (AvgIpc) is 2.73. The Hall–Kier alpha value is -0.140. The summed E-state index contributed by atoms with van der Waals surface area (Å²) < 4.78 is 26.9. The SMILES string of the molecule is CCC(C)C(C)(O)CNS(=O)(=O)c1ccc(Cl)s1. The first-order valence-corrected chi connectivity index (χ1v) is 8.34. The summed E-state index contributed by atoms with van der Waals surface area (Å²) in [5, 5.41) is 10.1. The number of thiophene rings is 1. The van der Waals surface area contributed by atoms with Crippen molar-refractivity contribution < 1.29 is 13.5 Å².